The lowest BCUT2D eigenvalue weighted by molar-refractivity contribution is 0.168. The second kappa shape index (κ2) is 5.09. The standard InChI is InChI=1S/C12H15FN2O/c13-10-5-3-4-9(8-10)12(15-14)11-6-1-2-7-16-11/h3-6,8,12,15H,1-2,7,14H2. The Labute approximate surface area is 94.1 Å². The summed E-state index contributed by atoms with van der Waals surface area (Å²) in [4.78, 5) is 0. The van der Waals surface area contributed by atoms with Crippen LogP contribution in [0.15, 0.2) is 36.1 Å². The van der Waals surface area contributed by atoms with E-state index in [9.17, 15) is 4.39 Å². The van der Waals surface area contributed by atoms with E-state index in [4.69, 9.17) is 10.6 Å². The van der Waals surface area contributed by atoms with Crippen molar-refractivity contribution in [3.05, 3.63) is 47.5 Å². The normalized spacial score (nSPS) is 17.5. The molecule has 0 aromatic heterocycles. The molecule has 0 bridgehead atoms. The molecule has 0 saturated heterocycles. The van der Waals surface area contributed by atoms with Gasteiger partial charge >= 0.3 is 0 Å². The Morgan fingerprint density at radius 2 is 2.31 bits per heavy atom. The van der Waals surface area contributed by atoms with Gasteiger partial charge in [-0.05, 0) is 36.6 Å². The zero-order valence-electron chi connectivity index (χ0n) is 8.95. The number of allylic oxidation sites excluding steroid dienone is 1. The number of nitrogens with two attached hydrogens (primary N) is 1. The van der Waals surface area contributed by atoms with Crippen LogP contribution in [0.4, 0.5) is 4.39 Å². The minimum atomic E-state index is -0.269. The lowest BCUT2D eigenvalue weighted by atomic mass is 10.0. The maximum Gasteiger partial charge on any atom is 0.123 e. The van der Waals surface area contributed by atoms with Crippen LogP contribution in [0.25, 0.3) is 0 Å². The molecule has 0 saturated carbocycles. The highest BCUT2D eigenvalue weighted by Gasteiger charge is 2.18. The van der Waals surface area contributed by atoms with Gasteiger partial charge in [0.05, 0.1) is 6.61 Å². The first-order valence-corrected chi connectivity index (χ1v) is 5.35. The fourth-order valence-corrected chi connectivity index (χ4v) is 1.81. The van der Waals surface area contributed by atoms with E-state index in [0.717, 1.165) is 24.2 Å². The molecular formula is C12H15FN2O. The van der Waals surface area contributed by atoms with Gasteiger partial charge in [0.25, 0.3) is 0 Å². The number of hydrogen-bond donors (Lipinski definition) is 2. The minimum Gasteiger partial charge on any atom is -0.496 e. The highest BCUT2D eigenvalue weighted by Crippen LogP contribution is 2.25. The predicted octanol–water partition coefficient (Wildman–Crippen LogP) is 2.02. The number of hydrogen-bond acceptors (Lipinski definition) is 3. The van der Waals surface area contributed by atoms with Gasteiger partial charge in [0, 0.05) is 0 Å². The van der Waals surface area contributed by atoms with Crippen LogP contribution in [0.2, 0.25) is 0 Å². The maximum atomic E-state index is 13.1. The summed E-state index contributed by atoms with van der Waals surface area (Å²) in [6.45, 7) is 0.694. The number of ether oxygens (including phenoxy) is 1. The molecule has 3 N–H and O–H groups in total. The predicted molar refractivity (Wildman–Crippen MR) is 59.7 cm³/mol. The quantitative estimate of drug-likeness (QED) is 0.607. The molecular weight excluding hydrogens is 207 g/mol. The highest BCUT2D eigenvalue weighted by molar-refractivity contribution is 5.26. The minimum absolute atomic E-state index is 0.268. The average molecular weight is 222 g/mol. The van der Waals surface area contributed by atoms with E-state index in [2.05, 4.69) is 5.43 Å². The Kier molecular flexibility index (Phi) is 3.54. The van der Waals surface area contributed by atoms with Crippen molar-refractivity contribution in [1.29, 1.82) is 0 Å². The van der Waals surface area contributed by atoms with E-state index in [0.29, 0.717) is 6.61 Å². The van der Waals surface area contributed by atoms with Gasteiger partial charge in [-0.15, -0.1) is 0 Å². The maximum absolute atomic E-state index is 13.1. The number of halogens is 1. The highest BCUT2D eigenvalue weighted by atomic mass is 19.1. The summed E-state index contributed by atoms with van der Waals surface area (Å²) in [5.41, 5.74) is 3.43. The van der Waals surface area contributed by atoms with Crippen LogP contribution in [-0.4, -0.2) is 6.61 Å². The molecule has 1 aromatic carbocycles. The largest absolute Gasteiger partial charge is 0.496 e. The average Bonchev–Trinajstić information content (AvgIpc) is 2.31. The number of hydrazine groups is 1. The summed E-state index contributed by atoms with van der Waals surface area (Å²) >= 11 is 0. The third-order valence-corrected chi connectivity index (χ3v) is 2.60. The van der Waals surface area contributed by atoms with Gasteiger partial charge in [-0.3, -0.25) is 5.84 Å². The van der Waals surface area contributed by atoms with Gasteiger partial charge in [0.1, 0.15) is 17.6 Å². The third-order valence-electron chi connectivity index (χ3n) is 2.60. The Hall–Kier alpha value is -1.39. The fourth-order valence-electron chi connectivity index (χ4n) is 1.81. The first-order chi connectivity index (χ1) is 7.81. The molecule has 16 heavy (non-hydrogen) atoms. The summed E-state index contributed by atoms with van der Waals surface area (Å²) in [7, 11) is 0. The molecule has 1 aliphatic heterocycles. The lowest BCUT2D eigenvalue weighted by Crippen LogP contribution is -2.31. The van der Waals surface area contributed by atoms with Gasteiger partial charge in [-0.1, -0.05) is 12.1 Å². The van der Waals surface area contributed by atoms with E-state index in [1.807, 2.05) is 12.1 Å². The molecule has 4 heteroatoms. The molecule has 3 nitrogen and oxygen atoms in total. The van der Waals surface area contributed by atoms with Crippen molar-refractivity contribution in [1.82, 2.24) is 5.43 Å². The zero-order chi connectivity index (χ0) is 11.4. The van der Waals surface area contributed by atoms with Crippen molar-refractivity contribution in [3.63, 3.8) is 0 Å². The van der Waals surface area contributed by atoms with Crippen molar-refractivity contribution in [2.75, 3.05) is 6.61 Å². The van der Waals surface area contributed by atoms with E-state index in [1.54, 1.807) is 6.07 Å². The molecule has 0 amide bonds. The molecule has 1 heterocycles. The van der Waals surface area contributed by atoms with E-state index in [-0.39, 0.29) is 11.9 Å². The van der Waals surface area contributed by atoms with Crippen LogP contribution in [0.1, 0.15) is 24.4 Å². The molecule has 2 rings (SSSR count). The van der Waals surface area contributed by atoms with Gasteiger partial charge in [-0.25, -0.2) is 9.82 Å². The first-order valence-electron chi connectivity index (χ1n) is 5.35. The SMILES string of the molecule is NNC(C1=CCCCO1)c1cccc(F)c1. The monoisotopic (exact) mass is 222 g/mol. The Morgan fingerprint density at radius 3 is 2.94 bits per heavy atom. The lowest BCUT2D eigenvalue weighted by Gasteiger charge is -2.23. The van der Waals surface area contributed by atoms with Gasteiger partial charge < -0.3 is 4.74 Å². The number of rotatable bonds is 3. The van der Waals surface area contributed by atoms with E-state index < -0.39 is 0 Å². The van der Waals surface area contributed by atoms with Gasteiger partial charge in [0.2, 0.25) is 0 Å². The van der Waals surface area contributed by atoms with Crippen LogP contribution in [0.5, 0.6) is 0 Å². The molecule has 0 aliphatic carbocycles. The second-order valence-corrected chi connectivity index (χ2v) is 3.75. The molecule has 1 atom stereocenters. The summed E-state index contributed by atoms with van der Waals surface area (Å²) < 4.78 is 18.6. The van der Waals surface area contributed by atoms with Crippen molar-refractivity contribution in [2.24, 2.45) is 5.84 Å². The van der Waals surface area contributed by atoms with Crippen molar-refractivity contribution in [3.8, 4) is 0 Å². The summed E-state index contributed by atoms with van der Waals surface area (Å²) in [6, 6.07) is 6.09. The molecule has 1 aromatic rings. The van der Waals surface area contributed by atoms with Gasteiger partial charge in [0.15, 0.2) is 0 Å². The molecule has 0 fully saturated rings. The van der Waals surface area contributed by atoms with Crippen LogP contribution in [-0.2, 0) is 4.74 Å². The topological polar surface area (TPSA) is 47.3 Å². The van der Waals surface area contributed by atoms with Crippen molar-refractivity contribution >= 4 is 0 Å². The fraction of sp³-hybridized carbons (Fsp3) is 0.333. The Bertz CT molecular complexity index is 392. The van der Waals surface area contributed by atoms with E-state index in [1.165, 1.54) is 12.1 Å². The smallest absolute Gasteiger partial charge is 0.123 e. The van der Waals surface area contributed by atoms with Crippen LogP contribution in [0.3, 0.4) is 0 Å². The molecule has 0 radical (unpaired) electrons. The summed E-state index contributed by atoms with van der Waals surface area (Å²) in [5, 5.41) is 0. The Balaban J connectivity index is 2.25. The molecule has 0 spiro atoms. The zero-order valence-corrected chi connectivity index (χ0v) is 8.95. The van der Waals surface area contributed by atoms with Crippen molar-refractivity contribution in [2.45, 2.75) is 18.9 Å². The Morgan fingerprint density at radius 1 is 1.44 bits per heavy atom. The number of nitrogens with one attached hydrogen (secondary N) is 1. The molecule has 1 aliphatic rings. The molecule has 86 valence electrons. The van der Waals surface area contributed by atoms with Crippen LogP contribution < -0.4 is 11.3 Å². The van der Waals surface area contributed by atoms with Gasteiger partial charge in [-0.2, -0.15) is 0 Å². The second-order valence-electron chi connectivity index (χ2n) is 3.75. The molecule has 1 unspecified atom stereocenters. The van der Waals surface area contributed by atoms with Crippen LogP contribution in [0, 0.1) is 5.82 Å². The van der Waals surface area contributed by atoms with Crippen LogP contribution >= 0.6 is 0 Å². The number of benzene rings is 1. The third kappa shape index (κ3) is 2.40. The summed E-state index contributed by atoms with van der Waals surface area (Å²) in [5.74, 6) is 6.00. The van der Waals surface area contributed by atoms with Crippen molar-refractivity contribution < 1.29 is 9.13 Å². The first kappa shape index (κ1) is 11.1. The van der Waals surface area contributed by atoms with E-state index >= 15 is 0 Å². The summed E-state index contributed by atoms with van der Waals surface area (Å²) in [6.07, 6.45) is 3.99.